The van der Waals surface area contributed by atoms with Gasteiger partial charge in [0.2, 0.25) is 0 Å². The molecule has 3 nitrogen and oxygen atoms in total. The van der Waals surface area contributed by atoms with Gasteiger partial charge in [0, 0.05) is 34.0 Å². The molecule has 0 amide bonds. The molecule has 0 saturated carbocycles. The molecule has 0 aliphatic heterocycles. The highest BCUT2D eigenvalue weighted by atomic mass is 127. The van der Waals surface area contributed by atoms with E-state index in [2.05, 4.69) is 51.1 Å². The lowest BCUT2D eigenvalue weighted by atomic mass is 10.2. The summed E-state index contributed by atoms with van der Waals surface area (Å²) in [7, 11) is 0. The van der Waals surface area contributed by atoms with Crippen LogP contribution in [0.4, 0.5) is 5.69 Å². The number of rotatable bonds is 4. The minimum atomic E-state index is 0.216. The van der Waals surface area contributed by atoms with Gasteiger partial charge in [-0.2, -0.15) is 0 Å². The van der Waals surface area contributed by atoms with Gasteiger partial charge in [0.15, 0.2) is 0 Å². The minimum absolute atomic E-state index is 0.216. The molecule has 84 valence electrons. The predicted octanol–water partition coefficient (Wildman–Crippen LogP) is 2.63. The Balaban J connectivity index is 2.30. The van der Waals surface area contributed by atoms with Crippen LogP contribution in [0.3, 0.4) is 0 Å². The fourth-order valence-corrected chi connectivity index (χ4v) is 2.05. The molecule has 2 rings (SSSR count). The monoisotopic (exact) mass is 328 g/mol. The Kier molecular flexibility index (Phi) is 3.95. The van der Waals surface area contributed by atoms with Gasteiger partial charge in [0.25, 0.3) is 0 Å². The van der Waals surface area contributed by atoms with Crippen molar-refractivity contribution in [2.75, 3.05) is 18.5 Å². The summed E-state index contributed by atoms with van der Waals surface area (Å²) >= 11 is 2.28. The molecule has 1 aromatic heterocycles. The summed E-state index contributed by atoms with van der Waals surface area (Å²) in [5.74, 6) is 0. The Morgan fingerprint density at radius 3 is 3.00 bits per heavy atom. The quantitative estimate of drug-likeness (QED) is 0.670. The van der Waals surface area contributed by atoms with E-state index in [1.165, 1.54) is 3.57 Å². The summed E-state index contributed by atoms with van der Waals surface area (Å²) in [5.41, 5.74) is 2.08. The molecule has 16 heavy (non-hydrogen) atoms. The van der Waals surface area contributed by atoms with E-state index in [-0.39, 0.29) is 6.61 Å². The zero-order valence-electron chi connectivity index (χ0n) is 8.78. The van der Waals surface area contributed by atoms with Gasteiger partial charge < -0.3 is 10.4 Å². The second kappa shape index (κ2) is 5.45. The Morgan fingerprint density at radius 2 is 2.19 bits per heavy atom. The van der Waals surface area contributed by atoms with Crippen molar-refractivity contribution in [1.29, 1.82) is 0 Å². The second-order valence-corrected chi connectivity index (χ2v) is 4.77. The van der Waals surface area contributed by atoms with Gasteiger partial charge in [-0.15, -0.1) is 0 Å². The number of anilines is 1. The van der Waals surface area contributed by atoms with Crippen molar-refractivity contribution in [3.8, 4) is 0 Å². The molecule has 0 unspecified atom stereocenters. The van der Waals surface area contributed by atoms with Crippen molar-refractivity contribution >= 4 is 39.2 Å². The molecule has 0 aliphatic carbocycles. The second-order valence-electron chi connectivity index (χ2n) is 3.52. The van der Waals surface area contributed by atoms with Crippen LogP contribution in [-0.4, -0.2) is 23.2 Å². The summed E-state index contributed by atoms with van der Waals surface area (Å²) in [5, 5.41) is 13.2. The lowest BCUT2D eigenvalue weighted by Gasteiger charge is -2.08. The Hall–Kier alpha value is -0.880. The molecule has 1 aromatic carbocycles. The highest BCUT2D eigenvalue weighted by Gasteiger charge is 2.01. The van der Waals surface area contributed by atoms with Crippen LogP contribution in [0.25, 0.3) is 10.9 Å². The number of hydrogen-bond donors (Lipinski definition) is 2. The van der Waals surface area contributed by atoms with Crippen molar-refractivity contribution < 1.29 is 5.11 Å². The average molecular weight is 328 g/mol. The summed E-state index contributed by atoms with van der Waals surface area (Å²) in [6, 6.07) is 8.17. The number of benzene rings is 1. The molecular formula is C12H13IN2O. The van der Waals surface area contributed by atoms with Crippen LogP contribution in [0.1, 0.15) is 6.42 Å². The lowest BCUT2D eigenvalue weighted by Crippen LogP contribution is -2.04. The van der Waals surface area contributed by atoms with E-state index in [4.69, 9.17) is 5.11 Å². The fraction of sp³-hybridized carbons (Fsp3) is 0.250. The topological polar surface area (TPSA) is 45.1 Å². The van der Waals surface area contributed by atoms with Gasteiger partial charge in [-0.05, 0) is 53.3 Å². The van der Waals surface area contributed by atoms with Gasteiger partial charge in [-0.3, -0.25) is 4.98 Å². The summed E-state index contributed by atoms with van der Waals surface area (Å²) in [6.07, 6.45) is 2.56. The maximum absolute atomic E-state index is 8.74. The first-order valence-electron chi connectivity index (χ1n) is 5.20. The molecular weight excluding hydrogens is 315 g/mol. The number of aliphatic hydroxyl groups is 1. The van der Waals surface area contributed by atoms with Crippen LogP contribution in [0.15, 0.2) is 30.5 Å². The molecule has 0 aliphatic rings. The van der Waals surface area contributed by atoms with Gasteiger partial charge in [0.1, 0.15) is 0 Å². The first-order chi connectivity index (χ1) is 7.81. The van der Waals surface area contributed by atoms with Crippen LogP contribution >= 0.6 is 22.6 Å². The van der Waals surface area contributed by atoms with Crippen LogP contribution in [0, 0.1) is 3.57 Å². The lowest BCUT2D eigenvalue weighted by molar-refractivity contribution is 0.292. The number of nitrogens with one attached hydrogen (secondary N) is 1. The minimum Gasteiger partial charge on any atom is -0.396 e. The Morgan fingerprint density at radius 1 is 1.31 bits per heavy atom. The third-order valence-electron chi connectivity index (χ3n) is 2.36. The molecule has 0 bridgehead atoms. The molecule has 0 saturated heterocycles. The van der Waals surface area contributed by atoms with E-state index in [0.29, 0.717) is 0 Å². The zero-order valence-corrected chi connectivity index (χ0v) is 10.9. The molecule has 2 N–H and O–H groups in total. The predicted molar refractivity (Wildman–Crippen MR) is 74.7 cm³/mol. The number of halogens is 1. The van der Waals surface area contributed by atoms with Crippen molar-refractivity contribution in [1.82, 2.24) is 4.98 Å². The number of hydrogen-bond acceptors (Lipinski definition) is 3. The van der Waals surface area contributed by atoms with Crippen LogP contribution < -0.4 is 5.32 Å². The summed E-state index contributed by atoms with van der Waals surface area (Å²) < 4.78 is 1.19. The van der Waals surface area contributed by atoms with Crippen molar-refractivity contribution in [2.24, 2.45) is 0 Å². The van der Waals surface area contributed by atoms with E-state index in [1.54, 1.807) is 6.20 Å². The smallest absolute Gasteiger partial charge is 0.0733 e. The van der Waals surface area contributed by atoms with Crippen LogP contribution in [0.5, 0.6) is 0 Å². The first kappa shape index (κ1) is 11.6. The maximum Gasteiger partial charge on any atom is 0.0733 e. The molecule has 0 fully saturated rings. The van der Waals surface area contributed by atoms with E-state index in [0.717, 1.165) is 29.6 Å². The van der Waals surface area contributed by atoms with Gasteiger partial charge in [-0.25, -0.2) is 0 Å². The van der Waals surface area contributed by atoms with Crippen LogP contribution in [-0.2, 0) is 0 Å². The van der Waals surface area contributed by atoms with Crippen molar-refractivity contribution in [2.45, 2.75) is 6.42 Å². The Labute approximate surface area is 108 Å². The third kappa shape index (κ3) is 2.62. The third-order valence-corrected chi connectivity index (χ3v) is 3.03. The number of nitrogens with zero attached hydrogens (tertiary/aromatic N) is 1. The standard InChI is InChI=1S/C12H13IN2O/c13-9-2-3-10-11(14-5-1-7-16)4-6-15-12(10)8-9/h2-4,6,8,16H,1,5,7H2,(H,14,15). The van der Waals surface area contributed by atoms with E-state index in [1.807, 2.05) is 6.07 Å². The molecule has 1 heterocycles. The van der Waals surface area contributed by atoms with Crippen molar-refractivity contribution in [3.05, 3.63) is 34.0 Å². The van der Waals surface area contributed by atoms with Gasteiger partial charge in [0.05, 0.1) is 5.52 Å². The largest absolute Gasteiger partial charge is 0.396 e. The highest BCUT2D eigenvalue weighted by molar-refractivity contribution is 14.1. The number of aromatic nitrogens is 1. The normalized spacial score (nSPS) is 10.6. The van der Waals surface area contributed by atoms with Gasteiger partial charge >= 0.3 is 0 Å². The molecule has 4 heteroatoms. The van der Waals surface area contributed by atoms with Crippen molar-refractivity contribution in [3.63, 3.8) is 0 Å². The van der Waals surface area contributed by atoms with Gasteiger partial charge in [-0.1, -0.05) is 0 Å². The highest BCUT2D eigenvalue weighted by Crippen LogP contribution is 2.22. The summed E-state index contributed by atoms with van der Waals surface area (Å²) in [6.45, 7) is 0.996. The molecule has 2 aromatic rings. The SMILES string of the molecule is OCCCNc1ccnc2cc(I)ccc12. The van der Waals surface area contributed by atoms with Crippen LogP contribution in [0.2, 0.25) is 0 Å². The Bertz CT molecular complexity index is 487. The number of pyridine rings is 1. The average Bonchev–Trinajstić information content (AvgIpc) is 2.29. The fourth-order valence-electron chi connectivity index (χ4n) is 1.58. The maximum atomic E-state index is 8.74. The van der Waals surface area contributed by atoms with E-state index < -0.39 is 0 Å². The molecule has 0 atom stereocenters. The number of fused-ring (bicyclic) bond motifs is 1. The first-order valence-corrected chi connectivity index (χ1v) is 6.28. The van der Waals surface area contributed by atoms with E-state index >= 15 is 0 Å². The number of aliphatic hydroxyl groups excluding tert-OH is 1. The summed E-state index contributed by atoms with van der Waals surface area (Å²) in [4.78, 5) is 4.34. The molecule has 0 spiro atoms. The zero-order chi connectivity index (χ0) is 11.4. The van der Waals surface area contributed by atoms with E-state index in [9.17, 15) is 0 Å². The molecule has 0 radical (unpaired) electrons.